The number of anilines is 1. The number of carbonyl (C=O) groups excluding carboxylic acids is 2. The second-order valence-corrected chi connectivity index (χ2v) is 7.41. The van der Waals surface area contributed by atoms with E-state index in [2.05, 4.69) is 32.4 Å². The van der Waals surface area contributed by atoms with Crippen molar-refractivity contribution in [1.82, 2.24) is 15.3 Å². The van der Waals surface area contributed by atoms with Gasteiger partial charge in [-0.15, -0.1) is 0 Å². The van der Waals surface area contributed by atoms with E-state index >= 15 is 0 Å². The number of nitrogens with zero attached hydrogens (tertiary/aromatic N) is 2. The second kappa shape index (κ2) is 9.33. The van der Waals surface area contributed by atoms with Crippen molar-refractivity contribution in [1.29, 1.82) is 0 Å². The lowest BCUT2D eigenvalue weighted by Gasteiger charge is -2.19. The predicted octanol–water partition coefficient (Wildman–Crippen LogP) is 3.10. The lowest BCUT2D eigenvalue weighted by molar-refractivity contribution is -0.148. The number of pyridine rings is 1. The van der Waals surface area contributed by atoms with E-state index in [1.165, 1.54) is 11.3 Å². The summed E-state index contributed by atoms with van der Waals surface area (Å²) in [4.78, 5) is 33.5. The summed E-state index contributed by atoms with van der Waals surface area (Å²) in [6.07, 6.45) is 5.76. The minimum atomic E-state index is -0.372. The first-order valence-electron chi connectivity index (χ1n) is 9.20. The number of thiazole rings is 1. The Balaban J connectivity index is 1.60. The summed E-state index contributed by atoms with van der Waals surface area (Å²) < 4.78 is 5.10. The Morgan fingerprint density at radius 2 is 2.07 bits per heavy atom. The minimum Gasteiger partial charge on any atom is -0.466 e. The monoisotopic (exact) mass is 398 g/mol. The highest BCUT2D eigenvalue weighted by Gasteiger charge is 2.35. The van der Waals surface area contributed by atoms with Gasteiger partial charge in [-0.2, -0.15) is 0 Å². The molecule has 28 heavy (non-hydrogen) atoms. The summed E-state index contributed by atoms with van der Waals surface area (Å²) in [5.41, 5.74) is 1.62. The number of esters is 1. The number of aromatic nitrogens is 2. The number of carbonyl (C=O) groups is 2. The van der Waals surface area contributed by atoms with Crippen molar-refractivity contribution < 1.29 is 14.3 Å². The fraction of sp³-hybridized carbons (Fsp3) is 0.400. The molecule has 0 aliphatic heterocycles. The molecule has 2 amide bonds. The quantitative estimate of drug-likeness (QED) is 0.610. The molecule has 0 bridgehead atoms. The van der Waals surface area contributed by atoms with E-state index in [1.54, 1.807) is 19.3 Å². The molecule has 2 atom stereocenters. The summed E-state index contributed by atoms with van der Waals surface area (Å²) in [6.45, 7) is 3.97. The molecule has 0 spiro atoms. The second-order valence-electron chi connectivity index (χ2n) is 6.41. The van der Waals surface area contributed by atoms with Crippen LogP contribution in [-0.4, -0.2) is 34.6 Å². The number of hydrogen-bond donors (Lipinski definition) is 2. The molecule has 0 unspecified atom stereocenters. The van der Waals surface area contributed by atoms with Gasteiger partial charge in [0.2, 0.25) is 0 Å². The molecule has 1 saturated carbocycles. The maximum absolute atomic E-state index is 12.3. The van der Waals surface area contributed by atoms with Crippen LogP contribution in [0.2, 0.25) is 0 Å². The van der Waals surface area contributed by atoms with Crippen LogP contribution in [0.1, 0.15) is 42.3 Å². The normalized spacial score (nSPS) is 18.1. The molecule has 1 aliphatic carbocycles. The molecule has 3 rings (SSSR count). The van der Waals surface area contributed by atoms with Crippen LogP contribution in [0.25, 0.3) is 0 Å². The number of amides is 2. The number of nitrogens with one attached hydrogen (secondary N) is 2. The van der Waals surface area contributed by atoms with Crippen LogP contribution in [0.5, 0.6) is 0 Å². The molecule has 8 heteroatoms. The van der Waals surface area contributed by atoms with Crippen molar-refractivity contribution in [3.05, 3.63) is 40.7 Å². The Morgan fingerprint density at radius 1 is 1.29 bits per heavy atom. The molecule has 0 saturated heterocycles. The zero-order valence-electron chi connectivity index (χ0n) is 15.8. The Bertz CT molecular complexity index is 901. The van der Waals surface area contributed by atoms with Gasteiger partial charge in [0.25, 0.3) is 0 Å². The van der Waals surface area contributed by atoms with Gasteiger partial charge in [0, 0.05) is 24.0 Å². The Labute approximate surface area is 167 Å². The van der Waals surface area contributed by atoms with Crippen LogP contribution < -0.4 is 10.6 Å². The Morgan fingerprint density at radius 3 is 2.82 bits per heavy atom. The Kier molecular flexibility index (Phi) is 6.61. The molecule has 0 aromatic carbocycles. The first-order chi connectivity index (χ1) is 13.6. The lowest BCUT2D eigenvalue weighted by atomic mass is 10.0. The van der Waals surface area contributed by atoms with Crippen molar-refractivity contribution in [3.8, 4) is 11.8 Å². The first kappa shape index (κ1) is 19.8. The fourth-order valence-corrected chi connectivity index (χ4v) is 3.91. The largest absolute Gasteiger partial charge is 0.466 e. The smallest absolute Gasteiger partial charge is 0.321 e. The molecule has 2 aromatic heterocycles. The van der Waals surface area contributed by atoms with Crippen LogP contribution in [0.3, 0.4) is 0 Å². The van der Waals surface area contributed by atoms with Crippen LogP contribution >= 0.6 is 11.3 Å². The third-order valence-electron chi connectivity index (χ3n) is 4.44. The predicted molar refractivity (Wildman–Crippen MR) is 107 cm³/mol. The standard InChI is InChI=1S/C20H22N4O3S/c1-3-27-18(25)15-5-4-6-16(15)23-19(26)24-20-22-13(2)17(28-20)8-7-14-9-11-21-12-10-14/h9-12,15-16H,3-6H2,1-2H3,(H2,22,23,24,26)/t15-,16+/m0/s1. The van der Waals surface area contributed by atoms with Crippen LogP contribution in [0, 0.1) is 24.7 Å². The molecule has 146 valence electrons. The number of ether oxygens (including phenoxy) is 1. The molecule has 1 aliphatic rings. The molecular weight excluding hydrogens is 376 g/mol. The highest BCUT2D eigenvalue weighted by Crippen LogP contribution is 2.27. The molecule has 2 N–H and O–H groups in total. The maximum Gasteiger partial charge on any atom is 0.321 e. The van der Waals surface area contributed by atoms with Crippen molar-refractivity contribution in [3.63, 3.8) is 0 Å². The number of urea groups is 1. The SMILES string of the molecule is CCOC(=O)[C@H]1CCC[C@H]1NC(=O)Nc1nc(C)c(C#Cc2ccncc2)s1. The molecule has 0 radical (unpaired) electrons. The van der Waals surface area contributed by atoms with E-state index in [9.17, 15) is 9.59 Å². The maximum atomic E-state index is 12.3. The highest BCUT2D eigenvalue weighted by atomic mass is 32.1. The van der Waals surface area contributed by atoms with E-state index in [-0.39, 0.29) is 24.0 Å². The van der Waals surface area contributed by atoms with Crippen molar-refractivity contribution in [2.75, 3.05) is 11.9 Å². The number of hydrogen-bond acceptors (Lipinski definition) is 6. The minimum absolute atomic E-state index is 0.217. The fourth-order valence-electron chi connectivity index (χ4n) is 3.10. The van der Waals surface area contributed by atoms with E-state index in [0.29, 0.717) is 11.7 Å². The van der Waals surface area contributed by atoms with E-state index in [0.717, 1.165) is 35.4 Å². The molecule has 7 nitrogen and oxygen atoms in total. The lowest BCUT2D eigenvalue weighted by Crippen LogP contribution is -2.42. The summed E-state index contributed by atoms with van der Waals surface area (Å²) >= 11 is 1.32. The number of rotatable bonds is 4. The highest BCUT2D eigenvalue weighted by molar-refractivity contribution is 7.16. The zero-order chi connectivity index (χ0) is 19.9. The van der Waals surface area contributed by atoms with Gasteiger partial charge in [-0.1, -0.05) is 23.7 Å². The summed E-state index contributed by atoms with van der Waals surface area (Å²) in [7, 11) is 0. The van der Waals surface area contributed by atoms with Gasteiger partial charge < -0.3 is 10.1 Å². The van der Waals surface area contributed by atoms with Gasteiger partial charge in [-0.25, -0.2) is 9.78 Å². The van der Waals surface area contributed by atoms with Crippen LogP contribution in [0.15, 0.2) is 24.5 Å². The van der Waals surface area contributed by atoms with Gasteiger partial charge in [-0.05, 0) is 44.7 Å². The molecule has 1 fully saturated rings. The summed E-state index contributed by atoms with van der Waals surface area (Å²) in [5, 5.41) is 6.10. The molecular formula is C20H22N4O3S. The third kappa shape index (κ3) is 5.08. The van der Waals surface area contributed by atoms with Gasteiger partial charge in [0.15, 0.2) is 5.13 Å². The van der Waals surface area contributed by atoms with Crippen LogP contribution in [0.4, 0.5) is 9.93 Å². The van der Waals surface area contributed by atoms with Crippen molar-refractivity contribution >= 4 is 28.5 Å². The van der Waals surface area contributed by atoms with Crippen molar-refractivity contribution in [2.45, 2.75) is 39.2 Å². The van der Waals surface area contributed by atoms with Gasteiger partial charge in [0.05, 0.1) is 18.2 Å². The van der Waals surface area contributed by atoms with Gasteiger partial charge >= 0.3 is 12.0 Å². The van der Waals surface area contributed by atoms with Crippen LogP contribution in [-0.2, 0) is 9.53 Å². The average Bonchev–Trinajstić information content (AvgIpc) is 3.27. The molecule has 2 aromatic rings. The zero-order valence-corrected chi connectivity index (χ0v) is 16.6. The van der Waals surface area contributed by atoms with E-state index in [1.807, 2.05) is 19.1 Å². The molecule has 2 heterocycles. The van der Waals surface area contributed by atoms with Crippen molar-refractivity contribution in [2.24, 2.45) is 5.92 Å². The first-order valence-corrected chi connectivity index (χ1v) is 10.0. The Hall–Kier alpha value is -2.92. The summed E-state index contributed by atoms with van der Waals surface area (Å²) in [5.74, 6) is 5.60. The van der Waals surface area contributed by atoms with E-state index < -0.39 is 0 Å². The van der Waals surface area contributed by atoms with Gasteiger partial charge in [-0.3, -0.25) is 15.1 Å². The van der Waals surface area contributed by atoms with Gasteiger partial charge in [0.1, 0.15) is 4.88 Å². The summed E-state index contributed by atoms with van der Waals surface area (Å²) in [6, 6.07) is 3.07. The van der Waals surface area contributed by atoms with E-state index in [4.69, 9.17) is 4.74 Å². The number of aryl methyl sites for hydroxylation is 1. The average molecular weight is 398 g/mol. The third-order valence-corrected chi connectivity index (χ3v) is 5.43. The topological polar surface area (TPSA) is 93.2 Å².